The van der Waals surface area contributed by atoms with E-state index < -0.39 is 0 Å². The molecule has 0 saturated heterocycles. The lowest BCUT2D eigenvalue weighted by Gasteiger charge is -2.16. The van der Waals surface area contributed by atoms with Crippen LogP contribution in [0.4, 0.5) is 5.69 Å². The number of carbonyl (C=O) groups is 1. The zero-order valence-electron chi connectivity index (χ0n) is 9.16. The van der Waals surface area contributed by atoms with E-state index in [1.54, 1.807) is 17.1 Å². The predicted octanol–water partition coefficient (Wildman–Crippen LogP) is 1.79. The molecule has 1 N–H and O–H groups in total. The molecule has 14 heavy (non-hydrogen) atoms. The molecule has 4 heteroatoms. The van der Waals surface area contributed by atoms with Crippen LogP contribution in [0.3, 0.4) is 0 Å². The van der Waals surface area contributed by atoms with Crippen LogP contribution in [0.2, 0.25) is 0 Å². The van der Waals surface area contributed by atoms with Crippen LogP contribution >= 0.6 is 0 Å². The van der Waals surface area contributed by atoms with E-state index >= 15 is 0 Å². The summed E-state index contributed by atoms with van der Waals surface area (Å²) in [6.07, 6.45) is 3.93. The molecule has 0 aliphatic carbocycles. The number of anilines is 1. The largest absolute Gasteiger partial charge is 0.323 e. The van der Waals surface area contributed by atoms with Gasteiger partial charge in [-0.15, -0.1) is 0 Å². The Balaban J connectivity index is 2.50. The van der Waals surface area contributed by atoms with Crippen LogP contribution in [-0.2, 0) is 11.8 Å². The highest BCUT2D eigenvalue weighted by atomic mass is 16.1. The second kappa shape index (κ2) is 3.82. The summed E-state index contributed by atoms with van der Waals surface area (Å²) < 4.78 is 1.66. The van der Waals surface area contributed by atoms with E-state index in [2.05, 4.69) is 10.4 Å². The quantitative estimate of drug-likeness (QED) is 0.782. The summed E-state index contributed by atoms with van der Waals surface area (Å²) in [4.78, 5) is 11.5. The van der Waals surface area contributed by atoms with Gasteiger partial charge in [-0.2, -0.15) is 5.10 Å². The van der Waals surface area contributed by atoms with E-state index in [0.29, 0.717) is 6.42 Å². The first kappa shape index (κ1) is 10.8. The summed E-state index contributed by atoms with van der Waals surface area (Å²) in [5, 5.41) is 6.77. The van der Waals surface area contributed by atoms with Crippen molar-refractivity contribution in [2.45, 2.75) is 27.2 Å². The van der Waals surface area contributed by atoms with Gasteiger partial charge in [0.25, 0.3) is 0 Å². The molecule has 1 heterocycles. The first-order valence-corrected chi connectivity index (χ1v) is 4.65. The van der Waals surface area contributed by atoms with Crippen LogP contribution in [0.25, 0.3) is 0 Å². The number of carbonyl (C=O) groups excluding carboxylic acids is 1. The van der Waals surface area contributed by atoms with Crippen molar-refractivity contribution < 1.29 is 4.79 Å². The highest BCUT2D eigenvalue weighted by Gasteiger charge is 2.16. The molecule has 1 amide bonds. The zero-order valence-corrected chi connectivity index (χ0v) is 9.16. The van der Waals surface area contributed by atoms with Crippen molar-refractivity contribution in [2.75, 3.05) is 5.32 Å². The van der Waals surface area contributed by atoms with Gasteiger partial charge >= 0.3 is 0 Å². The van der Waals surface area contributed by atoms with E-state index in [1.807, 2.05) is 27.8 Å². The number of nitrogens with one attached hydrogen (secondary N) is 1. The Bertz CT molecular complexity index is 322. The maximum absolute atomic E-state index is 11.5. The fraction of sp³-hybridized carbons (Fsp3) is 0.600. The standard InChI is InChI=1S/C10H17N3O/c1-10(2,3)5-9(14)12-8-6-11-13(4)7-8/h6-7H,5H2,1-4H3,(H,12,14). The fourth-order valence-corrected chi connectivity index (χ4v) is 1.17. The van der Waals surface area contributed by atoms with Crippen LogP contribution in [0.5, 0.6) is 0 Å². The average molecular weight is 195 g/mol. The minimum atomic E-state index is 0.0201. The maximum Gasteiger partial charge on any atom is 0.224 e. The molecular formula is C10H17N3O. The smallest absolute Gasteiger partial charge is 0.224 e. The van der Waals surface area contributed by atoms with Crippen LogP contribution < -0.4 is 5.32 Å². The van der Waals surface area contributed by atoms with Crippen LogP contribution in [0.1, 0.15) is 27.2 Å². The number of rotatable bonds is 2. The highest BCUT2D eigenvalue weighted by molar-refractivity contribution is 5.90. The molecule has 1 aromatic heterocycles. The number of amides is 1. The first-order chi connectivity index (χ1) is 6.37. The van der Waals surface area contributed by atoms with Gasteiger partial charge in [-0.1, -0.05) is 20.8 Å². The van der Waals surface area contributed by atoms with Crippen LogP contribution in [-0.4, -0.2) is 15.7 Å². The van der Waals surface area contributed by atoms with Crippen molar-refractivity contribution in [1.82, 2.24) is 9.78 Å². The minimum absolute atomic E-state index is 0.0201. The van der Waals surface area contributed by atoms with Gasteiger partial charge in [0.1, 0.15) is 0 Å². The molecule has 78 valence electrons. The molecule has 0 bridgehead atoms. The lowest BCUT2D eigenvalue weighted by Crippen LogP contribution is -2.19. The van der Waals surface area contributed by atoms with Gasteiger partial charge in [-0.3, -0.25) is 9.48 Å². The molecule has 0 aromatic carbocycles. The van der Waals surface area contributed by atoms with Gasteiger partial charge in [0.05, 0.1) is 11.9 Å². The summed E-state index contributed by atoms with van der Waals surface area (Å²) in [7, 11) is 1.82. The van der Waals surface area contributed by atoms with Gasteiger partial charge in [0.2, 0.25) is 5.91 Å². The number of hydrogen-bond donors (Lipinski definition) is 1. The number of aromatic nitrogens is 2. The van der Waals surface area contributed by atoms with E-state index in [-0.39, 0.29) is 11.3 Å². The molecule has 0 radical (unpaired) electrons. The average Bonchev–Trinajstić information content (AvgIpc) is 2.30. The second-order valence-electron chi connectivity index (χ2n) is 4.69. The van der Waals surface area contributed by atoms with Gasteiger partial charge < -0.3 is 5.32 Å². The van der Waals surface area contributed by atoms with Crippen molar-refractivity contribution in [1.29, 1.82) is 0 Å². The Morgan fingerprint density at radius 2 is 2.21 bits per heavy atom. The Morgan fingerprint density at radius 1 is 1.57 bits per heavy atom. The van der Waals surface area contributed by atoms with Gasteiger partial charge in [0.15, 0.2) is 0 Å². The van der Waals surface area contributed by atoms with E-state index in [1.165, 1.54) is 0 Å². The molecule has 0 aliphatic rings. The summed E-state index contributed by atoms with van der Waals surface area (Å²) in [6.45, 7) is 6.11. The second-order valence-corrected chi connectivity index (χ2v) is 4.69. The third kappa shape index (κ3) is 3.60. The Hall–Kier alpha value is -1.32. The zero-order chi connectivity index (χ0) is 10.8. The van der Waals surface area contributed by atoms with Gasteiger partial charge in [-0.05, 0) is 5.41 Å². The maximum atomic E-state index is 11.5. The monoisotopic (exact) mass is 195 g/mol. The lowest BCUT2D eigenvalue weighted by molar-refractivity contribution is -0.117. The lowest BCUT2D eigenvalue weighted by atomic mass is 9.92. The van der Waals surface area contributed by atoms with E-state index in [9.17, 15) is 4.79 Å². The molecule has 0 saturated carbocycles. The molecule has 4 nitrogen and oxygen atoms in total. The van der Waals surface area contributed by atoms with Crippen molar-refractivity contribution in [3.63, 3.8) is 0 Å². The minimum Gasteiger partial charge on any atom is -0.323 e. The molecule has 0 atom stereocenters. The topological polar surface area (TPSA) is 46.9 Å². The number of aryl methyl sites for hydroxylation is 1. The van der Waals surface area contributed by atoms with Crippen molar-refractivity contribution in [3.05, 3.63) is 12.4 Å². The Morgan fingerprint density at radius 3 is 2.64 bits per heavy atom. The molecule has 0 unspecified atom stereocenters. The third-order valence-corrected chi connectivity index (χ3v) is 1.68. The van der Waals surface area contributed by atoms with Crippen LogP contribution in [0, 0.1) is 5.41 Å². The molecule has 0 fully saturated rings. The molecule has 1 rings (SSSR count). The summed E-state index contributed by atoms with van der Waals surface area (Å²) in [6, 6.07) is 0. The summed E-state index contributed by atoms with van der Waals surface area (Å²) >= 11 is 0. The Kier molecular flexibility index (Phi) is 2.93. The number of hydrogen-bond acceptors (Lipinski definition) is 2. The number of nitrogens with zero attached hydrogens (tertiary/aromatic N) is 2. The SMILES string of the molecule is Cn1cc(NC(=O)CC(C)(C)C)cn1. The summed E-state index contributed by atoms with van der Waals surface area (Å²) in [5.74, 6) is 0.0329. The first-order valence-electron chi connectivity index (χ1n) is 4.65. The summed E-state index contributed by atoms with van der Waals surface area (Å²) in [5.41, 5.74) is 0.772. The van der Waals surface area contributed by atoms with Crippen molar-refractivity contribution in [2.24, 2.45) is 12.5 Å². The van der Waals surface area contributed by atoms with Crippen LogP contribution in [0.15, 0.2) is 12.4 Å². The fourth-order valence-electron chi connectivity index (χ4n) is 1.17. The Labute approximate surface area is 84.3 Å². The van der Waals surface area contributed by atoms with Gasteiger partial charge in [0, 0.05) is 19.7 Å². The third-order valence-electron chi connectivity index (χ3n) is 1.68. The predicted molar refractivity (Wildman–Crippen MR) is 55.9 cm³/mol. The molecule has 0 aliphatic heterocycles. The van der Waals surface area contributed by atoms with E-state index in [4.69, 9.17) is 0 Å². The van der Waals surface area contributed by atoms with Gasteiger partial charge in [-0.25, -0.2) is 0 Å². The molecule has 1 aromatic rings. The molecular weight excluding hydrogens is 178 g/mol. The van der Waals surface area contributed by atoms with Crippen molar-refractivity contribution in [3.8, 4) is 0 Å². The molecule has 0 spiro atoms. The normalized spacial score (nSPS) is 11.4. The van der Waals surface area contributed by atoms with E-state index in [0.717, 1.165) is 5.69 Å². The van der Waals surface area contributed by atoms with Crippen molar-refractivity contribution >= 4 is 11.6 Å². The highest BCUT2D eigenvalue weighted by Crippen LogP contribution is 2.19.